The molecule has 124 valence electrons. The van der Waals surface area contributed by atoms with Gasteiger partial charge in [-0.3, -0.25) is 0 Å². The third-order valence-corrected chi connectivity index (χ3v) is 5.92. The lowest BCUT2D eigenvalue weighted by Crippen LogP contribution is -2.04. The van der Waals surface area contributed by atoms with Gasteiger partial charge >= 0.3 is 0 Å². The Kier molecular flexibility index (Phi) is 4.48. The Morgan fingerprint density at radius 1 is 0.435 bits per heavy atom. The largest absolute Gasteiger partial charge is 0.507 e. The van der Waals surface area contributed by atoms with Gasteiger partial charge in [0.1, 0.15) is 11.5 Å². The van der Waals surface area contributed by atoms with Crippen LogP contribution in [0.15, 0.2) is 0 Å². The van der Waals surface area contributed by atoms with Crippen LogP contribution in [0.2, 0.25) is 0 Å². The van der Waals surface area contributed by atoms with E-state index in [2.05, 4.69) is 27.7 Å². The fourth-order valence-corrected chi connectivity index (χ4v) is 3.35. The maximum absolute atomic E-state index is 10.6. The van der Waals surface area contributed by atoms with Crippen LogP contribution in [-0.4, -0.2) is 10.2 Å². The van der Waals surface area contributed by atoms with Crippen molar-refractivity contribution in [1.82, 2.24) is 0 Å². The van der Waals surface area contributed by atoms with Crippen molar-refractivity contribution in [2.75, 3.05) is 0 Å². The van der Waals surface area contributed by atoms with Crippen molar-refractivity contribution in [3.05, 3.63) is 55.6 Å². The minimum atomic E-state index is 0.361. The summed E-state index contributed by atoms with van der Waals surface area (Å²) in [7, 11) is 0. The predicted molar refractivity (Wildman–Crippen MR) is 96.9 cm³/mol. The van der Waals surface area contributed by atoms with Gasteiger partial charge < -0.3 is 10.2 Å². The summed E-state index contributed by atoms with van der Waals surface area (Å²) in [5.74, 6) is 0.723. The third-order valence-electron chi connectivity index (χ3n) is 5.92. The number of hydrogen-bond acceptors (Lipinski definition) is 2. The monoisotopic (exact) mass is 312 g/mol. The van der Waals surface area contributed by atoms with Gasteiger partial charge in [-0.2, -0.15) is 0 Å². The van der Waals surface area contributed by atoms with Gasteiger partial charge in [0.15, 0.2) is 0 Å². The molecule has 0 aromatic heterocycles. The van der Waals surface area contributed by atoms with Crippen LogP contribution in [0.4, 0.5) is 0 Å². The molecule has 0 heterocycles. The molecule has 0 unspecified atom stereocenters. The van der Waals surface area contributed by atoms with Gasteiger partial charge in [-0.15, -0.1) is 0 Å². The quantitative estimate of drug-likeness (QED) is 0.804. The summed E-state index contributed by atoms with van der Waals surface area (Å²) in [5.41, 5.74) is 10.6. The zero-order valence-corrected chi connectivity index (χ0v) is 15.6. The Hall–Kier alpha value is -1.96. The molecule has 2 nitrogen and oxygen atoms in total. The molecule has 0 aliphatic carbocycles. The lowest BCUT2D eigenvalue weighted by Gasteiger charge is -2.21. The average Bonchev–Trinajstić information content (AvgIpc) is 2.54. The normalized spacial score (nSPS) is 11.1. The van der Waals surface area contributed by atoms with Crippen LogP contribution < -0.4 is 0 Å². The van der Waals surface area contributed by atoms with Gasteiger partial charge in [-0.1, -0.05) is 0 Å². The van der Waals surface area contributed by atoms with Gasteiger partial charge in [0.25, 0.3) is 0 Å². The second-order valence-electron chi connectivity index (χ2n) is 6.83. The van der Waals surface area contributed by atoms with Gasteiger partial charge in [0.05, 0.1) is 0 Å². The lowest BCUT2D eigenvalue weighted by molar-refractivity contribution is 0.456. The fraction of sp³-hybridized carbons (Fsp3) is 0.429. The molecule has 0 saturated heterocycles. The van der Waals surface area contributed by atoms with E-state index in [1.54, 1.807) is 0 Å². The first-order chi connectivity index (χ1) is 10.6. The smallest absolute Gasteiger partial charge is 0.122 e. The molecule has 0 spiro atoms. The van der Waals surface area contributed by atoms with Crippen LogP contribution in [0.5, 0.6) is 11.5 Å². The van der Waals surface area contributed by atoms with Crippen LogP contribution in [0.3, 0.4) is 0 Å². The first kappa shape index (κ1) is 17.4. The van der Waals surface area contributed by atoms with E-state index in [0.29, 0.717) is 17.9 Å². The van der Waals surface area contributed by atoms with Crippen molar-refractivity contribution in [3.63, 3.8) is 0 Å². The Bertz CT molecular complexity index is 673. The molecule has 23 heavy (non-hydrogen) atoms. The summed E-state index contributed by atoms with van der Waals surface area (Å²) in [5, 5.41) is 21.3. The number of phenols is 2. The van der Waals surface area contributed by atoms with Crippen LogP contribution in [0.25, 0.3) is 0 Å². The Balaban J connectivity index is 2.71. The standard InChI is InChI=1S/C21H28O2/c1-10-12(3)16(7)20(22)18(14(10)5)9-19-15(6)11(2)13(4)17(8)21(19)23/h22-23H,9H2,1-8H3. The number of phenolic OH excluding ortho intramolecular Hbond substituents is 2. The first-order valence-corrected chi connectivity index (χ1v) is 8.15. The van der Waals surface area contributed by atoms with Crippen LogP contribution in [-0.2, 0) is 6.42 Å². The minimum absolute atomic E-state index is 0.361. The molecule has 2 rings (SSSR count). The van der Waals surface area contributed by atoms with Gasteiger partial charge in [-0.05, 0) is 99.9 Å². The van der Waals surface area contributed by atoms with Gasteiger partial charge in [0, 0.05) is 17.5 Å². The van der Waals surface area contributed by atoms with E-state index in [-0.39, 0.29) is 0 Å². The van der Waals surface area contributed by atoms with Crippen molar-refractivity contribution >= 4 is 0 Å². The van der Waals surface area contributed by atoms with E-state index in [1.807, 2.05) is 27.7 Å². The fourth-order valence-electron chi connectivity index (χ4n) is 3.35. The second kappa shape index (κ2) is 5.92. The molecule has 0 bridgehead atoms. The summed E-state index contributed by atoms with van der Waals surface area (Å²) < 4.78 is 0. The van der Waals surface area contributed by atoms with E-state index in [0.717, 1.165) is 44.5 Å². The summed E-state index contributed by atoms with van der Waals surface area (Å²) >= 11 is 0. The third kappa shape index (κ3) is 2.60. The van der Waals surface area contributed by atoms with E-state index in [1.165, 1.54) is 11.1 Å². The molecule has 0 aliphatic heterocycles. The van der Waals surface area contributed by atoms with E-state index in [9.17, 15) is 10.2 Å². The molecule has 0 aliphatic rings. The highest BCUT2D eigenvalue weighted by Gasteiger charge is 2.20. The van der Waals surface area contributed by atoms with Crippen molar-refractivity contribution in [2.24, 2.45) is 0 Å². The summed E-state index contributed by atoms with van der Waals surface area (Å²) in [4.78, 5) is 0. The average molecular weight is 312 g/mol. The van der Waals surface area contributed by atoms with Crippen molar-refractivity contribution in [3.8, 4) is 11.5 Å². The molecule has 0 radical (unpaired) electrons. The van der Waals surface area contributed by atoms with Crippen LogP contribution in [0.1, 0.15) is 55.6 Å². The highest BCUT2D eigenvalue weighted by atomic mass is 16.3. The molecule has 0 fully saturated rings. The summed E-state index contributed by atoms with van der Waals surface area (Å²) in [6.45, 7) is 16.3. The van der Waals surface area contributed by atoms with Crippen molar-refractivity contribution in [2.45, 2.75) is 61.8 Å². The SMILES string of the molecule is Cc1c(C)c(C)c(Cc2c(C)c(C)c(C)c(C)c2O)c(O)c1C. The first-order valence-electron chi connectivity index (χ1n) is 8.15. The molecule has 2 aromatic rings. The van der Waals surface area contributed by atoms with E-state index >= 15 is 0 Å². The molecule has 0 saturated carbocycles. The molecule has 0 atom stereocenters. The van der Waals surface area contributed by atoms with Gasteiger partial charge in [0.2, 0.25) is 0 Å². The molecular formula is C21H28O2. The highest BCUT2D eigenvalue weighted by Crippen LogP contribution is 2.38. The number of benzene rings is 2. The number of hydrogen-bond donors (Lipinski definition) is 2. The minimum Gasteiger partial charge on any atom is -0.507 e. The van der Waals surface area contributed by atoms with Gasteiger partial charge in [-0.25, -0.2) is 0 Å². The molecule has 2 aromatic carbocycles. The molecule has 2 N–H and O–H groups in total. The number of rotatable bonds is 2. The predicted octanol–water partition coefficient (Wildman–Crippen LogP) is 5.16. The van der Waals surface area contributed by atoms with Crippen molar-refractivity contribution < 1.29 is 10.2 Å². The maximum atomic E-state index is 10.6. The Morgan fingerprint density at radius 3 is 1.00 bits per heavy atom. The zero-order chi connectivity index (χ0) is 17.6. The zero-order valence-electron chi connectivity index (χ0n) is 15.6. The molecular weight excluding hydrogens is 284 g/mol. The maximum Gasteiger partial charge on any atom is 0.122 e. The Morgan fingerprint density at radius 2 is 0.696 bits per heavy atom. The lowest BCUT2D eigenvalue weighted by atomic mass is 9.86. The van der Waals surface area contributed by atoms with Crippen molar-refractivity contribution in [1.29, 1.82) is 0 Å². The summed E-state index contributed by atoms with van der Waals surface area (Å²) in [6.07, 6.45) is 0.555. The van der Waals surface area contributed by atoms with Crippen LogP contribution >= 0.6 is 0 Å². The topological polar surface area (TPSA) is 40.5 Å². The molecule has 0 amide bonds. The Labute approximate surface area is 139 Å². The second-order valence-corrected chi connectivity index (χ2v) is 6.83. The summed E-state index contributed by atoms with van der Waals surface area (Å²) in [6, 6.07) is 0. The van der Waals surface area contributed by atoms with Crippen LogP contribution in [0, 0.1) is 55.4 Å². The molecule has 2 heteroatoms. The van der Waals surface area contributed by atoms with E-state index < -0.39 is 0 Å². The highest BCUT2D eigenvalue weighted by molar-refractivity contribution is 5.59. The number of aromatic hydroxyl groups is 2. The van der Waals surface area contributed by atoms with E-state index in [4.69, 9.17) is 0 Å².